The van der Waals surface area contributed by atoms with Crippen molar-refractivity contribution in [3.8, 4) is 5.75 Å². The van der Waals surface area contributed by atoms with Crippen LogP contribution >= 0.6 is 0 Å². The first-order valence-corrected chi connectivity index (χ1v) is 9.30. The van der Waals surface area contributed by atoms with Crippen LogP contribution in [0.5, 0.6) is 5.75 Å². The molecular weight excluding hydrogens is 358 g/mol. The number of carbonyl (C=O) groups excluding carboxylic acids is 3. The molecule has 0 N–H and O–H groups in total. The summed E-state index contributed by atoms with van der Waals surface area (Å²) in [4.78, 5) is 38.1. The van der Waals surface area contributed by atoms with Crippen LogP contribution in [0.2, 0.25) is 0 Å². The highest BCUT2D eigenvalue weighted by molar-refractivity contribution is 6.02. The Hall–Kier alpha value is -3.15. The number of esters is 1. The summed E-state index contributed by atoms with van der Waals surface area (Å²) in [5.74, 6) is -0.166. The molecule has 1 amide bonds. The van der Waals surface area contributed by atoms with Crippen LogP contribution in [0, 0.1) is 6.92 Å². The molecule has 28 heavy (non-hydrogen) atoms. The van der Waals surface area contributed by atoms with Crippen molar-refractivity contribution in [1.82, 2.24) is 0 Å². The van der Waals surface area contributed by atoms with Gasteiger partial charge in [0.15, 0.2) is 12.4 Å². The number of benzene rings is 2. The summed E-state index contributed by atoms with van der Waals surface area (Å²) in [7, 11) is 0. The third-order valence-corrected chi connectivity index (χ3v) is 4.68. The number of anilines is 1. The maximum atomic E-state index is 12.5. The summed E-state index contributed by atoms with van der Waals surface area (Å²) in [6.45, 7) is 4.39. The van der Waals surface area contributed by atoms with Gasteiger partial charge in [0, 0.05) is 12.0 Å². The van der Waals surface area contributed by atoms with Crippen LogP contribution in [0.15, 0.2) is 42.5 Å². The monoisotopic (exact) mass is 381 g/mol. The molecule has 0 unspecified atom stereocenters. The topological polar surface area (TPSA) is 72.9 Å². The molecule has 0 saturated heterocycles. The van der Waals surface area contributed by atoms with Gasteiger partial charge in [0.2, 0.25) is 0 Å². The minimum absolute atomic E-state index is 0.0327. The van der Waals surface area contributed by atoms with Crippen molar-refractivity contribution < 1.29 is 23.9 Å². The summed E-state index contributed by atoms with van der Waals surface area (Å²) in [6.07, 6.45) is 0.0936. The van der Waals surface area contributed by atoms with Gasteiger partial charge in [-0.05, 0) is 43.2 Å². The van der Waals surface area contributed by atoms with E-state index in [-0.39, 0.29) is 31.1 Å². The van der Waals surface area contributed by atoms with E-state index in [2.05, 4.69) is 0 Å². The van der Waals surface area contributed by atoms with E-state index in [0.717, 1.165) is 11.1 Å². The fourth-order valence-corrected chi connectivity index (χ4v) is 3.10. The van der Waals surface area contributed by atoms with Gasteiger partial charge in [-0.15, -0.1) is 0 Å². The number of ketones is 1. The molecule has 0 radical (unpaired) electrons. The van der Waals surface area contributed by atoms with Crippen molar-refractivity contribution in [3.63, 3.8) is 0 Å². The second-order valence-corrected chi connectivity index (χ2v) is 6.61. The van der Waals surface area contributed by atoms with E-state index in [1.165, 1.54) is 0 Å². The van der Waals surface area contributed by atoms with Gasteiger partial charge in [-0.1, -0.05) is 24.3 Å². The highest BCUT2D eigenvalue weighted by Gasteiger charge is 2.27. The van der Waals surface area contributed by atoms with Gasteiger partial charge in [0.05, 0.1) is 25.3 Å². The molecule has 1 heterocycles. The number of carbonyl (C=O) groups is 3. The molecule has 6 heteroatoms. The number of hydrogen-bond donors (Lipinski definition) is 0. The van der Waals surface area contributed by atoms with E-state index in [0.29, 0.717) is 30.2 Å². The molecule has 146 valence electrons. The molecule has 0 bridgehead atoms. The third-order valence-electron chi connectivity index (χ3n) is 4.68. The van der Waals surface area contributed by atoms with E-state index < -0.39 is 5.97 Å². The lowest BCUT2D eigenvalue weighted by atomic mass is 10.0. The number of Topliss-reactive ketones (excluding diaryl/α,β-unsaturated/α-hetero) is 1. The van der Waals surface area contributed by atoms with Crippen LogP contribution in [-0.4, -0.2) is 30.9 Å². The largest absolute Gasteiger partial charge is 0.482 e. The summed E-state index contributed by atoms with van der Waals surface area (Å²) in [6, 6.07) is 12.9. The molecule has 0 aromatic heterocycles. The number of rotatable bonds is 7. The van der Waals surface area contributed by atoms with Crippen molar-refractivity contribution in [3.05, 3.63) is 59.2 Å². The summed E-state index contributed by atoms with van der Waals surface area (Å²) in [5.41, 5.74) is 3.13. The molecular formula is C22H23NO5. The van der Waals surface area contributed by atoms with E-state index in [9.17, 15) is 14.4 Å². The maximum Gasteiger partial charge on any atom is 0.306 e. The second kappa shape index (κ2) is 8.69. The van der Waals surface area contributed by atoms with Crippen LogP contribution in [0.3, 0.4) is 0 Å². The van der Waals surface area contributed by atoms with Gasteiger partial charge < -0.3 is 14.4 Å². The fraction of sp³-hybridized carbons (Fsp3) is 0.318. The number of fused-ring (bicyclic) bond motifs is 1. The number of aryl methyl sites for hydroxylation is 1. The summed E-state index contributed by atoms with van der Waals surface area (Å²) < 4.78 is 10.4. The smallest absolute Gasteiger partial charge is 0.306 e. The molecule has 0 saturated carbocycles. The lowest BCUT2D eigenvalue weighted by Crippen LogP contribution is -2.38. The summed E-state index contributed by atoms with van der Waals surface area (Å²) in [5, 5.41) is 0. The predicted molar refractivity (Wildman–Crippen MR) is 105 cm³/mol. The first-order valence-electron chi connectivity index (χ1n) is 9.30. The van der Waals surface area contributed by atoms with E-state index in [4.69, 9.17) is 9.47 Å². The van der Waals surface area contributed by atoms with Crippen molar-refractivity contribution in [2.75, 3.05) is 18.1 Å². The standard InChI is InChI=1S/C22H23NO5/c1-3-27-22(26)11-9-19(24)16-8-10-20-18(12-16)23(21(25)14-28-20)13-17-7-5-4-6-15(17)2/h4-8,10,12H,3,9,11,13-14H2,1-2H3. The number of ether oxygens (including phenoxy) is 2. The molecule has 0 aliphatic carbocycles. The number of hydrogen-bond acceptors (Lipinski definition) is 5. The Bertz CT molecular complexity index is 906. The van der Waals surface area contributed by atoms with E-state index >= 15 is 0 Å². The third kappa shape index (κ3) is 4.39. The Balaban J connectivity index is 1.82. The van der Waals surface area contributed by atoms with Gasteiger partial charge in [-0.3, -0.25) is 14.4 Å². The second-order valence-electron chi connectivity index (χ2n) is 6.61. The molecule has 1 aliphatic rings. The first kappa shape index (κ1) is 19.6. The molecule has 2 aromatic rings. The van der Waals surface area contributed by atoms with E-state index in [1.54, 1.807) is 30.0 Å². The fourth-order valence-electron chi connectivity index (χ4n) is 3.10. The number of nitrogens with zero attached hydrogens (tertiary/aromatic N) is 1. The van der Waals surface area contributed by atoms with Crippen LogP contribution in [0.25, 0.3) is 0 Å². The lowest BCUT2D eigenvalue weighted by molar-refractivity contribution is -0.143. The van der Waals surface area contributed by atoms with Crippen LogP contribution in [-0.2, 0) is 20.9 Å². The average molecular weight is 381 g/mol. The van der Waals surface area contributed by atoms with Gasteiger partial charge in [0.1, 0.15) is 5.75 Å². The highest BCUT2D eigenvalue weighted by Crippen LogP contribution is 2.34. The predicted octanol–water partition coefficient (Wildman–Crippen LogP) is 3.45. The molecule has 0 spiro atoms. The Morgan fingerprint density at radius 2 is 1.93 bits per heavy atom. The van der Waals surface area contributed by atoms with Crippen LogP contribution < -0.4 is 9.64 Å². The zero-order chi connectivity index (χ0) is 20.1. The maximum absolute atomic E-state index is 12.5. The van der Waals surface area contributed by atoms with Crippen molar-refractivity contribution >= 4 is 23.3 Å². The lowest BCUT2D eigenvalue weighted by Gasteiger charge is -2.30. The van der Waals surface area contributed by atoms with Gasteiger partial charge >= 0.3 is 5.97 Å². The zero-order valence-electron chi connectivity index (χ0n) is 16.1. The van der Waals surface area contributed by atoms with Crippen molar-refractivity contribution in [1.29, 1.82) is 0 Å². The molecule has 0 atom stereocenters. The Morgan fingerprint density at radius 3 is 2.68 bits per heavy atom. The van der Waals surface area contributed by atoms with Gasteiger partial charge in [-0.2, -0.15) is 0 Å². The SMILES string of the molecule is CCOC(=O)CCC(=O)c1ccc2c(c1)N(Cc1ccccc1C)C(=O)CO2. The Labute approximate surface area is 164 Å². The molecule has 0 fully saturated rings. The zero-order valence-corrected chi connectivity index (χ0v) is 16.1. The minimum Gasteiger partial charge on any atom is -0.482 e. The Morgan fingerprint density at radius 1 is 1.14 bits per heavy atom. The molecule has 3 rings (SSSR count). The van der Waals surface area contributed by atoms with Crippen LogP contribution in [0.4, 0.5) is 5.69 Å². The van der Waals surface area contributed by atoms with Crippen molar-refractivity contribution in [2.45, 2.75) is 33.2 Å². The average Bonchev–Trinajstić information content (AvgIpc) is 2.69. The minimum atomic E-state index is -0.395. The molecule has 6 nitrogen and oxygen atoms in total. The molecule has 2 aromatic carbocycles. The summed E-state index contributed by atoms with van der Waals surface area (Å²) >= 11 is 0. The van der Waals surface area contributed by atoms with Crippen LogP contribution in [0.1, 0.15) is 41.3 Å². The van der Waals surface area contributed by atoms with Gasteiger partial charge in [-0.25, -0.2) is 0 Å². The van der Waals surface area contributed by atoms with Crippen molar-refractivity contribution in [2.24, 2.45) is 0 Å². The first-order chi connectivity index (χ1) is 13.5. The Kier molecular flexibility index (Phi) is 6.09. The molecule has 1 aliphatic heterocycles. The number of amides is 1. The quantitative estimate of drug-likeness (QED) is 0.543. The van der Waals surface area contributed by atoms with E-state index in [1.807, 2.05) is 31.2 Å². The van der Waals surface area contributed by atoms with Gasteiger partial charge in [0.25, 0.3) is 5.91 Å². The normalized spacial score (nSPS) is 12.9. The highest BCUT2D eigenvalue weighted by atomic mass is 16.5.